The number of fused-ring (bicyclic) bond motifs is 1. The normalized spacial score (nSPS) is 20.8. The second-order valence-corrected chi connectivity index (χ2v) is 9.30. The summed E-state index contributed by atoms with van der Waals surface area (Å²) in [4.78, 5) is 32.0. The first kappa shape index (κ1) is 21.1. The first-order chi connectivity index (χ1) is 15.8. The molecule has 33 heavy (non-hydrogen) atoms. The molecule has 1 saturated heterocycles. The first-order valence-electron chi connectivity index (χ1n) is 10.5. The Hall–Kier alpha value is -3.78. The van der Waals surface area contributed by atoms with Crippen molar-refractivity contribution in [2.45, 2.75) is 25.3 Å². The highest BCUT2D eigenvalue weighted by atomic mass is 32.1. The fourth-order valence-corrected chi connectivity index (χ4v) is 5.38. The van der Waals surface area contributed by atoms with Crippen LogP contribution in [0.5, 0.6) is 0 Å². The number of Topliss-reactive ketones (excluding diaryl/α,β-unsaturated/α-hetero) is 1. The highest BCUT2D eigenvalue weighted by Crippen LogP contribution is 2.44. The van der Waals surface area contributed by atoms with Crippen LogP contribution >= 0.6 is 11.3 Å². The number of hydrogen-bond acceptors (Lipinski definition) is 6. The van der Waals surface area contributed by atoms with Crippen molar-refractivity contribution in [2.75, 3.05) is 7.05 Å². The quantitative estimate of drug-likeness (QED) is 0.430. The Morgan fingerprint density at radius 1 is 1.24 bits per heavy atom. The number of guanidine groups is 1. The number of rotatable bonds is 4. The molecule has 0 saturated carbocycles. The number of nitrogens with one attached hydrogen (secondary N) is 2. The second-order valence-electron chi connectivity index (χ2n) is 8.39. The molecule has 1 aromatic carbocycles. The van der Waals surface area contributed by atoms with Gasteiger partial charge in [0.25, 0.3) is 0 Å². The Labute approximate surface area is 194 Å². The number of thiophene rings is 1. The standard InChI is InChI=1S/C25H22N4O3S/c1-14(30)18-5-4-6-19(27-18)17-12-21(33-13-17)25(2)22(23(31)29(3)24(26)28-25)16-7-8-20-15(11-16)9-10-32-20/h4-13,22H,1-3H3,(H2,26,28)/t22?,25-/m1/s1. The number of hydrogen-bond donors (Lipinski definition) is 2. The zero-order valence-electron chi connectivity index (χ0n) is 18.4. The summed E-state index contributed by atoms with van der Waals surface area (Å²) in [5.41, 5.74) is 2.72. The summed E-state index contributed by atoms with van der Waals surface area (Å²) >= 11 is 1.50. The van der Waals surface area contributed by atoms with Gasteiger partial charge in [-0.2, -0.15) is 0 Å². The molecule has 7 nitrogen and oxygen atoms in total. The molecule has 1 aliphatic rings. The molecule has 3 aromatic heterocycles. The SMILES string of the molecule is CC(=O)c1cccc(-c2csc([C@@]3(C)NC(=N)N(C)C(=O)C3c3ccc4occc4c3)c2)n1. The van der Waals surface area contributed by atoms with Crippen LogP contribution in [0.1, 0.15) is 40.7 Å². The van der Waals surface area contributed by atoms with Gasteiger partial charge in [-0.25, -0.2) is 4.98 Å². The van der Waals surface area contributed by atoms with E-state index in [0.29, 0.717) is 11.4 Å². The number of amides is 1. The topological polar surface area (TPSA) is 99.3 Å². The van der Waals surface area contributed by atoms with Crippen molar-refractivity contribution in [3.8, 4) is 11.3 Å². The van der Waals surface area contributed by atoms with Crippen LogP contribution in [0.15, 0.2) is 64.6 Å². The summed E-state index contributed by atoms with van der Waals surface area (Å²) in [6.45, 7) is 3.44. The fourth-order valence-electron chi connectivity index (χ4n) is 4.33. The molecule has 1 unspecified atom stereocenters. The number of nitrogens with zero attached hydrogens (tertiary/aromatic N) is 2. The minimum atomic E-state index is -0.848. The van der Waals surface area contributed by atoms with Gasteiger partial charge >= 0.3 is 0 Å². The minimum absolute atomic E-state index is 0.0507. The number of ketones is 1. The van der Waals surface area contributed by atoms with Gasteiger partial charge in [-0.05, 0) is 48.9 Å². The number of pyridine rings is 1. The van der Waals surface area contributed by atoms with E-state index in [-0.39, 0.29) is 17.6 Å². The summed E-state index contributed by atoms with van der Waals surface area (Å²) in [7, 11) is 1.61. The lowest BCUT2D eigenvalue weighted by atomic mass is 9.76. The van der Waals surface area contributed by atoms with Crippen LogP contribution in [0.3, 0.4) is 0 Å². The molecular formula is C25H22N4O3S. The van der Waals surface area contributed by atoms with E-state index >= 15 is 0 Å². The van der Waals surface area contributed by atoms with Crippen molar-refractivity contribution in [3.63, 3.8) is 0 Å². The smallest absolute Gasteiger partial charge is 0.239 e. The first-order valence-corrected chi connectivity index (χ1v) is 11.3. The zero-order valence-corrected chi connectivity index (χ0v) is 19.2. The predicted molar refractivity (Wildman–Crippen MR) is 127 cm³/mol. The fraction of sp³-hybridized carbons (Fsp3) is 0.200. The van der Waals surface area contributed by atoms with E-state index in [1.165, 1.54) is 23.2 Å². The van der Waals surface area contributed by atoms with Gasteiger partial charge in [-0.15, -0.1) is 11.3 Å². The molecule has 1 aliphatic heterocycles. The summed E-state index contributed by atoms with van der Waals surface area (Å²) in [5, 5.41) is 14.5. The van der Waals surface area contributed by atoms with Crippen molar-refractivity contribution in [1.29, 1.82) is 5.41 Å². The molecule has 2 atom stereocenters. The van der Waals surface area contributed by atoms with Gasteiger partial charge in [-0.3, -0.25) is 19.9 Å². The number of carbonyl (C=O) groups excluding carboxylic acids is 2. The van der Waals surface area contributed by atoms with E-state index in [9.17, 15) is 9.59 Å². The van der Waals surface area contributed by atoms with Crippen molar-refractivity contribution < 1.29 is 14.0 Å². The molecule has 4 aromatic rings. The molecule has 0 spiro atoms. The lowest BCUT2D eigenvalue weighted by Gasteiger charge is -2.45. The summed E-state index contributed by atoms with van der Waals surface area (Å²) < 4.78 is 5.47. The number of likely N-dealkylation sites (N-methyl/N-ethyl adjacent to an activating group) is 1. The number of furan rings is 1. The van der Waals surface area contributed by atoms with Crippen LogP contribution in [0, 0.1) is 5.41 Å². The third kappa shape index (κ3) is 3.43. The highest BCUT2D eigenvalue weighted by molar-refractivity contribution is 7.10. The van der Waals surface area contributed by atoms with E-state index in [4.69, 9.17) is 9.83 Å². The second kappa shape index (κ2) is 7.67. The van der Waals surface area contributed by atoms with Gasteiger partial charge in [0.2, 0.25) is 5.91 Å². The van der Waals surface area contributed by atoms with Crippen molar-refractivity contribution in [1.82, 2.24) is 15.2 Å². The van der Waals surface area contributed by atoms with E-state index in [1.807, 2.05) is 54.8 Å². The molecule has 1 amide bonds. The molecule has 5 rings (SSSR count). The number of aromatic nitrogens is 1. The average molecular weight is 459 g/mol. The number of carbonyl (C=O) groups is 2. The van der Waals surface area contributed by atoms with Crippen molar-refractivity contribution in [3.05, 3.63) is 76.3 Å². The van der Waals surface area contributed by atoms with Gasteiger partial charge in [0.1, 0.15) is 11.3 Å². The van der Waals surface area contributed by atoms with Crippen LogP contribution in [0.25, 0.3) is 22.2 Å². The minimum Gasteiger partial charge on any atom is -0.464 e. The maximum atomic E-state index is 13.5. The molecule has 166 valence electrons. The molecule has 2 N–H and O–H groups in total. The predicted octanol–water partition coefficient (Wildman–Crippen LogP) is 4.75. The molecule has 0 radical (unpaired) electrons. The highest BCUT2D eigenvalue weighted by Gasteiger charge is 2.49. The third-order valence-electron chi connectivity index (χ3n) is 6.20. The van der Waals surface area contributed by atoms with Gasteiger partial charge in [-0.1, -0.05) is 12.1 Å². The van der Waals surface area contributed by atoms with Gasteiger partial charge in [0, 0.05) is 35.2 Å². The summed E-state index contributed by atoms with van der Waals surface area (Å²) in [6, 6.07) is 15.0. The van der Waals surface area contributed by atoms with Crippen LogP contribution in [0.2, 0.25) is 0 Å². The number of benzene rings is 1. The van der Waals surface area contributed by atoms with Crippen LogP contribution < -0.4 is 5.32 Å². The summed E-state index contributed by atoms with van der Waals surface area (Å²) in [5.74, 6) is -0.755. The third-order valence-corrected chi connectivity index (χ3v) is 7.36. The molecule has 8 heteroatoms. The molecule has 0 bridgehead atoms. The Bertz CT molecular complexity index is 1420. The molecule has 0 aliphatic carbocycles. The van der Waals surface area contributed by atoms with E-state index < -0.39 is 11.5 Å². The molecule has 4 heterocycles. The summed E-state index contributed by atoms with van der Waals surface area (Å²) in [6.07, 6.45) is 1.63. The molecule has 1 fully saturated rings. The van der Waals surface area contributed by atoms with Crippen LogP contribution in [-0.2, 0) is 10.3 Å². The maximum absolute atomic E-state index is 13.5. The van der Waals surface area contributed by atoms with Crippen molar-refractivity contribution in [2.24, 2.45) is 0 Å². The Morgan fingerprint density at radius 3 is 2.85 bits per heavy atom. The largest absolute Gasteiger partial charge is 0.464 e. The van der Waals surface area contributed by atoms with Crippen LogP contribution in [0.4, 0.5) is 0 Å². The molecular weight excluding hydrogens is 436 g/mol. The Kier molecular flexibility index (Phi) is 4.90. The van der Waals surface area contributed by atoms with E-state index in [0.717, 1.165) is 27.0 Å². The lowest BCUT2D eigenvalue weighted by molar-refractivity contribution is -0.131. The maximum Gasteiger partial charge on any atom is 0.239 e. The Morgan fingerprint density at radius 2 is 2.06 bits per heavy atom. The zero-order chi connectivity index (χ0) is 23.3. The average Bonchev–Trinajstić information content (AvgIpc) is 3.47. The van der Waals surface area contributed by atoms with Gasteiger partial charge < -0.3 is 9.73 Å². The lowest BCUT2D eigenvalue weighted by Crippen LogP contribution is -2.62. The van der Waals surface area contributed by atoms with E-state index in [2.05, 4.69) is 10.3 Å². The van der Waals surface area contributed by atoms with Crippen molar-refractivity contribution >= 4 is 40.0 Å². The van der Waals surface area contributed by atoms with E-state index in [1.54, 1.807) is 19.4 Å². The van der Waals surface area contributed by atoms with Crippen LogP contribution in [-0.4, -0.2) is 34.6 Å². The monoisotopic (exact) mass is 458 g/mol. The Balaban J connectivity index is 1.61. The van der Waals surface area contributed by atoms with Gasteiger partial charge in [0.05, 0.1) is 23.4 Å². The van der Waals surface area contributed by atoms with Gasteiger partial charge in [0.15, 0.2) is 11.7 Å².